The van der Waals surface area contributed by atoms with E-state index in [4.69, 9.17) is 15.6 Å². The number of hydrogen-bond donors (Lipinski definition) is 3. The van der Waals surface area contributed by atoms with Crippen LogP contribution in [-0.4, -0.2) is 49.1 Å². The van der Waals surface area contributed by atoms with Crippen LogP contribution in [-0.2, 0) is 19.1 Å². The summed E-state index contributed by atoms with van der Waals surface area (Å²) in [4.78, 5) is 33.1. The summed E-state index contributed by atoms with van der Waals surface area (Å²) >= 11 is 0. The van der Waals surface area contributed by atoms with Gasteiger partial charge in [0.05, 0.1) is 13.2 Å². The molecule has 0 aromatic carbocycles. The number of unbranched alkanes of at least 4 members (excludes halogenated alkanes) is 3. The van der Waals surface area contributed by atoms with E-state index in [0.29, 0.717) is 32.4 Å². The minimum Gasteiger partial charge on any atom is -0.481 e. The van der Waals surface area contributed by atoms with Crippen molar-refractivity contribution < 1.29 is 24.2 Å². The summed E-state index contributed by atoms with van der Waals surface area (Å²) < 4.78 is 4.95. The molecule has 0 aliphatic rings. The molecular formula is C15H28N2O5. The lowest BCUT2D eigenvalue weighted by atomic mass is 10.1. The zero-order valence-electron chi connectivity index (χ0n) is 13.1. The summed E-state index contributed by atoms with van der Waals surface area (Å²) in [5, 5.41) is 11.3. The Morgan fingerprint density at radius 1 is 0.955 bits per heavy atom. The van der Waals surface area contributed by atoms with E-state index in [0.717, 1.165) is 19.3 Å². The molecule has 4 N–H and O–H groups in total. The lowest BCUT2D eigenvalue weighted by Gasteiger charge is -2.06. The summed E-state index contributed by atoms with van der Waals surface area (Å²) in [5.74, 6) is -1.10. The molecule has 0 atom stereocenters. The fraction of sp³-hybridized carbons (Fsp3) is 0.800. The maximum atomic E-state index is 11.5. The molecule has 0 heterocycles. The molecule has 0 bridgehead atoms. The van der Waals surface area contributed by atoms with Crippen LogP contribution in [0, 0.1) is 0 Å². The predicted molar refractivity (Wildman–Crippen MR) is 82.5 cm³/mol. The number of ketones is 1. The first-order valence-electron chi connectivity index (χ1n) is 7.86. The molecule has 0 spiro atoms. The second-order valence-corrected chi connectivity index (χ2v) is 5.14. The van der Waals surface area contributed by atoms with Crippen molar-refractivity contribution in [1.82, 2.24) is 5.32 Å². The number of carbonyl (C=O) groups excluding carboxylic acids is 2. The molecule has 0 saturated heterocycles. The number of rotatable bonds is 15. The summed E-state index contributed by atoms with van der Waals surface area (Å²) in [7, 11) is 0. The van der Waals surface area contributed by atoms with Crippen LogP contribution in [0.25, 0.3) is 0 Å². The van der Waals surface area contributed by atoms with Crippen LogP contribution >= 0.6 is 0 Å². The van der Waals surface area contributed by atoms with Gasteiger partial charge in [0.25, 0.3) is 0 Å². The maximum absolute atomic E-state index is 11.5. The molecular weight excluding hydrogens is 288 g/mol. The van der Waals surface area contributed by atoms with E-state index < -0.39 is 11.9 Å². The van der Waals surface area contributed by atoms with Gasteiger partial charge in [-0.25, -0.2) is 0 Å². The van der Waals surface area contributed by atoms with Crippen LogP contribution in [0.1, 0.15) is 51.4 Å². The van der Waals surface area contributed by atoms with Crippen LogP contribution in [0.3, 0.4) is 0 Å². The highest BCUT2D eigenvalue weighted by atomic mass is 16.5. The van der Waals surface area contributed by atoms with Crippen molar-refractivity contribution in [3.63, 3.8) is 0 Å². The van der Waals surface area contributed by atoms with Gasteiger partial charge in [-0.2, -0.15) is 0 Å². The van der Waals surface area contributed by atoms with Crippen molar-refractivity contribution in [2.45, 2.75) is 51.4 Å². The lowest BCUT2D eigenvalue weighted by molar-refractivity contribution is -0.143. The van der Waals surface area contributed by atoms with Crippen LogP contribution in [0.15, 0.2) is 0 Å². The number of ether oxygens (including phenoxy) is 1. The molecule has 0 aliphatic carbocycles. The summed E-state index contributed by atoms with van der Waals surface area (Å²) in [5.41, 5.74) is 5.36. The van der Waals surface area contributed by atoms with E-state index >= 15 is 0 Å². The standard InChI is InChI=1S/C15H28N2O5/c16-9-4-1-2-6-13(18)8-11-22-15(21)12-17-10-5-3-7-14(19)20/h17H,1-12,16H2,(H,19,20). The van der Waals surface area contributed by atoms with Crippen molar-refractivity contribution in [2.75, 3.05) is 26.2 Å². The van der Waals surface area contributed by atoms with E-state index in [1.807, 2.05) is 0 Å². The zero-order valence-corrected chi connectivity index (χ0v) is 13.1. The predicted octanol–water partition coefficient (Wildman–Crippen LogP) is 0.852. The zero-order chi connectivity index (χ0) is 16.6. The largest absolute Gasteiger partial charge is 0.481 e. The van der Waals surface area contributed by atoms with Gasteiger partial charge >= 0.3 is 11.9 Å². The van der Waals surface area contributed by atoms with E-state index in [2.05, 4.69) is 5.32 Å². The Morgan fingerprint density at radius 3 is 2.36 bits per heavy atom. The topological polar surface area (TPSA) is 119 Å². The van der Waals surface area contributed by atoms with Crippen molar-refractivity contribution >= 4 is 17.7 Å². The Balaban J connectivity index is 3.38. The van der Waals surface area contributed by atoms with Gasteiger partial charge < -0.3 is 20.9 Å². The average molecular weight is 316 g/mol. The third-order valence-electron chi connectivity index (χ3n) is 3.07. The minimum absolute atomic E-state index is 0.0811. The Bertz CT molecular complexity index is 334. The summed E-state index contributed by atoms with van der Waals surface area (Å²) in [6.07, 6.45) is 4.90. The molecule has 128 valence electrons. The number of carboxylic acid groups (broad SMARTS) is 1. The maximum Gasteiger partial charge on any atom is 0.319 e. The second-order valence-electron chi connectivity index (χ2n) is 5.14. The Morgan fingerprint density at radius 2 is 1.68 bits per heavy atom. The molecule has 0 aromatic rings. The van der Waals surface area contributed by atoms with Crippen LogP contribution < -0.4 is 11.1 Å². The summed E-state index contributed by atoms with van der Waals surface area (Å²) in [6.45, 7) is 1.42. The highest BCUT2D eigenvalue weighted by Crippen LogP contribution is 2.02. The number of hydrogen-bond acceptors (Lipinski definition) is 6. The number of esters is 1. The highest BCUT2D eigenvalue weighted by Gasteiger charge is 2.06. The Labute approximate surface area is 131 Å². The molecule has 0 unspecified atom stereocenters. The number of carboxylic acids is 1. The molecule has 7 nitrogen and oxygen atoms in total. The van der Waals surface area contributed by atoms with Crippen LogP contribution in [0.4, 0.5) is 0 Å². The minimum atomic E-state index is -0.813. The van der Waals surface area contributed by atoms with Gasteiger partial charge in [-0.05, 0) is 38.8 Å². The van der Waals surface area contributed by atoms with Crippen LogP contribution in [0.2, 0.25) is 0 Å². The highest BCUT2D eigenvalue weighted by molar-refractivity contribution is 5.79. The molecule has 0 aliphatic heterocycles. The third kappa shape index (κ3) is 14.9. The van der Waals surface area contributed by atoms with Gasteiger partial charge in [-0.15, -0.1) is 0 Å². The molecule has 0 aromatic heterocycles. The number of nitrogens with two attached hydrogens (primary N) is 1. The molecule has 0 radical (unpaired) electrons. The quantitative estimate of drug-likeness (QED) is 0.303. The monoisotopic (exact) mass is 316 g/mol. The van der Waals surface area contributed by atoms with Gasteiger partial charge in [0.2, 0.25) is 0 Å². The lowest BCUT2D eigenvalue weighted by Crippen LogP contribution is -2.26. The molecule has 7 heteroatoms. The Hall–Kier alpha value is -1.47. The Kier molecular flexibility index (Phi) is 13.5. The fourth-order valence-electron chi connectivity index (χ4n) is 1.81. The number of carbonyl (C=O) groups is 3. The van der Waals surface area contributed by atoms with Gasteiger partial charge in [0.1, 0.15) is 5.78 Å². The van der Waals surface area contributed by atoms with E-state index in [9.17, 15) is 14.4 Å². The van der Waals surface area contributed by atoms with Gasteiger partial charge in [-0.3, -0.25) is 14.4 Å². The van der Waals surface area contributed by atoms with E-state index in [1.54, 1.807) is 0 Å². The summed E-state index contributed by atoms with van der Waals surface area (Å²) in [6, 6.07) is 0. The van der Waals surface area contributed by atoms with Crippen LogP contribution in [0.5, 0.6) is 0 Å². The number of Topliss-reactive ketones (excluding diaryl/α,β-unsaturated/α-hetero) is 1. The third-order valence-corrected chi connectivity index (χ3v) is 3.07. The van der Waals surface area contributed by atoms with Crippen molar-refractivity contribution in [3.8, 4) is 0 Å². The first kappa shape index (κ1) is 20.5. The van der Waals surface area contributed by atoms with Gasteiger partial charge in [-0.1, -0.05) is 6.42 Å². The van der Waals surface area contributed by atoms with Crippen molar-refractivity contribution in [3.05, 3.63) is 0 Å². The van der Waals surface area contributed by atoms with Crippen molar-refractivity contribution in [1.29, 1.82) is 0 Å². The SMILES string of the molecule is NCCCCCC(=O)CCOC(=O)CNCCCCC(=O)O. The number of nitrogens with one attached hydrogen (secondary N) is 1. The van der Waals surface area contributed by atoms with Crippen molar-refractivity contribution in [2.24, 2.45) is 5.73 Å². The smallest absolute Gasteiger partial charge is 0.319 e. The molecule has 0 fully saturated rings. The molecule has 0 saturated carbocycles. The first-order chi connectivity index (χ1) is 10.6. The fourth-order valence-corrected chi connectivity index (χ4v) is 1.81. The number of aliphatic carboxylic acids is 1. The van der Waals surface area contributed by atoms with Gasteiger partial charge in [0, 0.05) is 19.3 Å². The molecule has 0 rings (SSSR count). The van der Waals surface area contributed by atoms with E-state index in [-0.39, 0.29) is 31.8 Å². The first-order valence-corrected chi connectivity index (χ1v) is 7.86. The average Bonchev–Trinajstić information content (AvgIpc) is 2.47. The molecule has 22 heavy (non-hydrogen) atoms. The normalized spacial score (nSPS) is 10.4. The molecule has 0 amide bonds. The van der Waals surface area contributed by atoms with Gasteiger partial charge in [0.15, 0.2) is 0 Å². The second kappa shape index (κ2) is 14.5. The van der Waals surface area contributed by atoms with E-state index in [1.165, 1.54) is 0 Å².